The van der Waals surface area contributed by atoms with Crippen LogP contribution in [0.1, 0.15) is 12.0 Å². The number of benzene rings is 2. The number of fused-ring (bicyclic) bond motifs is 2. The third-order valence-corrected chi connectivity index (χ3v) is 5.65. The molecule has 1 aromatic heterocycles. The summed E-state index contributed by atoms with van der Waals surface area (Å²) < 4.78 is 11.0. The predicted octanol–water partition coefficient (Wildman–Crippen LogP) is 3.38. The Kier molecular flexibility index (Phi) is 5.51. The van der Waals surface area contributed by atoms with Crippen molar-refractivity contribution >= 4 is 34.1 Å². The van der Waals surface area contributed by atoms with Gasteiger partial charge in [-0.1, -0.05) is 24.3 Å². The van der Waals surface area contributed by atoms with Crippen molar-refractivity contribution < 1.29 is 19.1 Å². The van der Waals surface area contributed by atoms with Gasteiger partial charge in [-0.3, -0.25) is 15.0 Å². The number of carbonyl (C=O) groups excluding carboxylic acids is 2. The molecule has 0 fully saturated rings. The fourth-order valence-corrected chi connectivity index (χ4v) is 4.09. The molecule has 0 aliphatic carbocycles. The third-order valence-electron chi connectivity index (χ3n) is 5.65. The molecule has 3 N–H and O–H groups in total. The lowest BCUT2D eigenvalue weighted by Gasteiger charge is -2.25. The molecule has 0 saturated heterocycles. The molecule has 0 radical (unpaired) electrons. The second-order valence-corrected chi connectivity index (χ2v) is 7.82. The van der Waals surface area contributed by atoms with Gasteiger partial charge in [0.1, 0.15) is 13.2 Å². The first-order valence-corrected chi connectivity index (χ1v) is 10.6. The van der Waals surface area contributed by atoms with Crippen LogP contribution in [-0.2, 0) is 4.79 Å². The van der Waals surface area contributed by atoms with Crippen molar-refractivity contribution in [2.24, 2.45) is 0 Å². The average Bonchev–Trinajstić information content (AvgIpc) is 3.23. The Morgan fingerprint density at radius 3 is 2.75 bits per heavy atom. The summed E-state index contributed by atoms with van der Waals surface area (Å²) in [6.07, 6.45) is 5.04. The number of aromatic nitrogens is 1. The molecule has 3 amide bonds. The Hall–Kier alpha value is -3.78. The molecule has 0 atom stereocenters. The van der Waals surface area contributed by atoms with Crippen LogP contribution in [0.25, 0.3) is 16.5 Å². The summed E-state index contributed by atoms with van der Waals surface area (Å²) in [5.41, 5.74) is 4.14. The zero-order valence-corrected chi connectivity index (χ0v) is 17.5. The number of nitrogens with one attached hydrogen (secondary N) is 3. The van der Waals surface area contributed by atoms with E-state index in [1.54, 1.807) is 18.2 Å². The van der Waals surface area contributed by atoms with E-state index in [1.165, 1.54) is 16.5 Å². The van der Waals surface area contributed by atoms with Crippen LogP contribution in [0.5, 0.6) is 11.5 Å². The predicted molar refractivity (Wildman–Crippen MR) is 122 cm³/mol. The van der Waals surface area contributed by atoms with E-state index in [0.717, 1.165) is 18.5 Å². The molecule has 2 aliphatic heterocycles. The monoisotopic (exact) mass is 432 g/mol. The standard InChI is InChI=1S/C24H24N4O4/c29-23(27-24(30)26-17-5-6-21-22(13-17)32-12-11-31-21)15-28-9-7-16(8-10-28)19-14-25-20-4-2-1-3-18(19)20/h1-7,13-14,25H,8-12,15H2,(H2,26,27,29,30). The van der Waals surface area contributed by atoms with Crippen molar-refractivity contribution in [1.82, 2.24) is 15.2 Å². The van der Waals surface area contributed by atoms with Gasteiger partial charge in [0.2, 0.25) is 5.91 Å². The number of amides is 3. The highest BCUT2D eigenvalue weighted by Crippen LogP contribution is 2.32. The quantitative estimate of drug-likeness (QED) is 0.588. The van der Waals surface area contributed by atoms with Crippen molar-refractivity contribution in [2.75, 3.05) is 38.2 Å². The number of urea groups is 1. The fraction of sp³-hybridized carbons (Fsp3) is 0.250. The minimum absolute atomic E-state index is 0.159. The molecule has 32 heavy (non-hydrogen) atoms. The van der Waals surface area contributed by atoms with E-state index in [1.807, 2.05) is 23.2 Å². The van der Waals surface area contributed by atoms with Gasteiger partial charge in [0, 0.05) is 47.5 Å². The van der Waals surface area contributed by atoms with Crippen molar-refractivity contribution in [3.63, 3.8) is 0 Å². The number of rotatable bonds is 4. The van der Waals surface area contributed by atoms with Crippen molar-refractivity contribution in [3.05, 3.63) is 60.3 Å². The van der Waals surface area contributed by atoms with Gasteiger partial charge in [-0.05, 0) is 30.2 Å². The van der Waals surface area contributed by atoms with Gasteiger partial charge < -0.3 is 19.8 Å². The van der Waals surface area contributed by atoms with Gasteiger partial charge in [0.25, 0.3) is 0 Å². The Morgan fingerprint density at radius 1 is 1.06 bits per heavy atom. The summed E-state index contributed by atoms with van der Waals surface area (Å²) >= 11 is 0. The number of hydrogen-bond donors (Lipinski definition) is 3. The van der Waals surface area contributed by atoms with E-state index in [0.29, 0.717) is 36.9 Å². The Balaban J connectivity index is 1.14. The van der Waals surface area contributed by atoms with Crippen molar-refractivity contribution in [1.29, 1.82) is 0 Å². The zero-order chi connectivity index (χ0) is 21.9. The van der Waals surface area contributed by atoms with Crippen LogP contribution in [0, 0.1) is 0 Å². The molecule has 3 aromatic rings. The molecule has 0 unspecified atom stereocenters. The van der Waals surface area contributed by atoms with E-state index in [2.05, 4.69) is 33.8 Å². The van der Waals surface area contributed by atoms with E-state index >= 15 is 0 Å². The molecule has 5 rings (SSSR count). The fourth-order valence-electron chi connectivity index (χ4n) is 4.09. The SMILES string of the molecule is O=C(CN1CC=C(c2c[nH]c3ccccc23)CC1)NC(=O)Nc1ccc2c(c1)OCCO2. The molecule has 0 spiro atoms. The first-order chi connectivity index (χ1) is 15.7. The molecule has 2 aromatic carbocycles. The van der Waals surface area contributed by atoms with Crippen LogP contribution in [0.3, 0.4) is 0 Å². The molecular formula is C24H24N4O4. The van der Waals surface area contributed by atoms with Crippen molar-refractivity contribution in [2.45, 2.75) is 6.42 Å². The number of nitrogens with zero attached hydrogens (tertiary/aromatic N) is 1. The van der Waals surface area contributed by atoms with Gasteiger partial charge in [0.05, 0.1) is 6.54 Å². The molecule has 164 valence electrons. The molecule has 0 saturated carbocycles. The number of H-pyrrole nitrogens is 1. The minimum Gasteiger partial charge on any atom is -0.486 e. The van der Waals surface area contributed by atoms with Crippen LogP contribution in [0.4, 0.5) is 10.5 Å². The number of imide groups is 1. The highest BCUT2D eigenvalue weighted by Gasteiger charge is 2.19. The lowest BCUT2D eigenvalue weighted by molar-refractivity contribution is -0.121. The molecule has 8 nitrogen and oxygen atoms in total. The Labute approximate surface area is 185 Å². The van der Waals surface area contributed by atoms with E-state index < -0.39 is 6.03 Å². The maximum atomic E-state index is 12.3. The third kappa shape index (κ3) is 4.31. The number of anilines is 1. The van der Waals surface area contributed by atoms with Gasteiger partial charge in [-0.25, -0.2) is 4.79 Å². The van der Waals surface area contributed by atoms with Gasteiger partial charge in [-0.15, -0.1) is 0 Å². The largest absolute Gasteiger partial charge is 0.486 e. The minimum atomic E-state index is -0.571. The normalized spacial score (nSPS) is 15.8. The second-order valence-electron chi connectivity index (χ2n) is 7.82. The lowest BCUT2D eigenvalue weighted by Crippen LogP contribution is -2.43. The van der Waals surface area contributed by atoms with Crippen LogP contribution >= 0.6 is 0 Å². The average molecular weight is 432 g/mol. The van der Waals surface area contributed by atoms with Gasteiger partial charge in [0.15, 0.2) is 11.5 Å². The van der Waals surface area contributed by atoms with Crippen LogP contribution in [0.15, 0.2) is 54.7 Å². The topological polar surface area (TPSA) is 95.7 Å². The Bertz CT molecular complexity index is 1200. The number of aromatic amines is 1. The number of para-hydroxylation sites is 1. The van der Waals surface area contributed by atoms with Crippen LogP contribution < -0.4 is 20.1 Å². The van der Waals surface area contributed by atoms with Crippen LogP contribution in [-0.4, -0.2) is 54.7 Å². The summed E-state index contributed by atoms with van der Waals surface area (Å²) in [6.45, 7) is 2.54. The summed E-state index contributed by atoms with van der Waals surface area (Å²) in [6, 6.07) is 12.8. The highest BCUT2D eigenvalue weighted by atomic mass is 16.6. The van der Waals surface area contributed by atoms with Crippen molar-refractivity contribution in [3.8, 4) is 11.5 Å². The number of hydrogen-bond acceptors (Lipinski definition) is 5. The number of ether oxygens (including phenoxy) is 2. The first kappa shape index (κ1) is 20.1. The number of carbonyl (C=O) groups is 2. The van der Waals surface area contributed by atoms with Crippen LogP contribution in [0.2, 0.25) is 0 Å². The van der Waals surface area contributed by atoms with E-state index in [9.17, 15) is 9.59 Å². The van der Waals surface area contributed by atoms with E-state index in [-0.39, 0.29) is 12.5 Å². The molecule has 3 heterocycles. The summed E-state index contributed by atoms with van der Waals surface area (Å²) in [5.74, 6) is 0.874. The molecular weight excluding hydrogens is 408 g/mol. The summed E-state index contributed by atoms with van der Waals surface area (Å²) in [5, 5.41) is 6.26. The van der Waals surface area contributed by atoms with E-state index in [4.69, 9.17) is 9.47 Å². The summed E-state index contributed by atoms with van der Waals surface area (Å²) in [4.78, 5) is 29.9. The molecule has 0 bridgehead atoms. The molecule has 8 heteroatoms. The van der Waals surface area contributed by atoms with Gasteiger partial charge >= 0.3 is 6.03 Å². The highest BCUT2D eigenvalue weighted by molar-refractivity contribution is 6.02. The lowest BCUT2D eigenvalue weighted by atomic mass is 9.99. The second kappa shape index (κ2) is 8.76. The summed E-state index contributed by atoms with van der Waals surface area (Å²) in [7, 11) is 0. The maximum absolute atomic E-state index is 12.3. The Morgan fingerprint density at radius 2 is 1.91 bits per heavy atom. The molecule has 2 aliphatic rings. The zero-order valence-electron chi connectivity index (χ0n) is 17.5. The van der Waals surface area contributed by atoms with Gasteiger partial charge in [-0.2, -0.15) is 0 Å². The smallest absolute Gasteiger partial charge is 0.325 e. The first-order valence-electron chi connectivity index (χ1n) is 10.6. The maximum Gasteiger partial charge on any atom is 0.325 e.